The molecule has 3 heterocycles. The summed E-state index contributed by atoms with van der Waals surface area (Å²) in [5.41, 5.74) is 1.84. The molecule has 2 aliphatic heterocycles. The second-order valence-corrected chi connectivity index (χ2v) is 8.87. The van der Waals surface area contributed by atoms with Crippen LogP contribution < -0.4 is 0 Å². The van der Waals surface area contributed by atoms with Gasteiger partial charge in [0.1, 0.15) is 0 Å². The molecule has 2 saturated heterocycles. The Balaban J connectivity index is 1.29. The second kappa shape index (κ2) is 8.38. The van der Waals surface area contributed by atoms with Gasteiger partial charge in [0.05, 0.1) is 6.54 Å². The summed E-state index contributed by atoms with van der Waals surface area (Å²) in [6.45, 7) is 1.12. The van der Waals surface area contributed by atoms with Crippen LogP contribution in [0.2, 0.25) is 0 Å². The van der Waals surface area contributed by atoms with Crippen LogP contribution in [0.3, 0.4) is 0 Å². The smallest absolute Gasteiger partial charge is 0.317 e. The molecule has 7 heteroatoms. The molecule has 158 valence electrons. The third-order valence-electron chi connectivity index (χ3n) is 6.68. The van der Waals surface area contributed by atoms with Gasteiger partial charge in [-0.2, -0.15) is 0 Å². The number of alkyl halides is 1. The summed E-state index contributed by atoms with van der Waals surface area (Å²) in [6, 6.07) is 4.37. The minimum Gasteiger partial charge on any atom is -0.480 e. The summed E-state index contributed by atoms with van der Waals surface area (Å²) < 4.78 is 15.2. The molecular formula is C22H30FN3O3. The molecule has 0 saturated carbocycles. The predicted molar refractivity (Wildman–Crippen MR) is 106 cm³/mol. The van der Waals surface area contributed by atoms with E-state index in [4.69, 9.17) is 10.1 Å². The number of carboxylic acid groups (broad SMARTS) is 1. The summed E-state index contributed by atoms with van der Waals surface area (Å²) in [6.07, 6.45) is 7.41. The van der Waals surface area contributed by atoms with Crippen molar-refractivity contribution in [2.75, 3.05) is 32.7 Å². The van der Waals surface area contributed by atoms with Crippen LogP contribution in [0, 0.1) is 5.92 Å². The van der Waals surface area contributed by atoms with E-state index in [-0.39, 0.29) is 19.5 Å². The number of aliphatic carboxylic acids is 1. The molecule has 0 bridgehead atoms. The number of nitrogens with zero attached hydrogens (tertiary/aromatic N) is 3. The van der Waals surface area contributed by atoms with Crippen molar-refractivity contribution in [3.05, 3.63) is 29.1 Å². The monoisotopic (exact) mass is 403 g/mol. The van der Waals surface area contributed by atoms with Gasteiger partial charge in [-0.25, -0.2) is 4.39 Å². The van der Waals surface area contributed by atoms with E-state index in [0.717, 1.165) is 37.8 Å². The molecule has 1 aromatic rings. The number of hydrogen-bond acceptors (Lipinski definition) is 4. The van der Waals surface area contributed by atoms with E-state index in [1.165, 1.54) is 29.0 Å². The molecule has 1 N–H and O–H groups in total. The van der Waals surface area contributed by atoms with Gasteiger partial charge >= 0.3 is 5.97 Å². The third-order valence-corrected chi connectivity index (χ3v) is 6.68. The van der Waals surface area contributed by atoms with Gasteiger partial charge in [-0.05, 0) is 62.5 Å². The van der Waals surface area contributed by atoms with E-state index >= 15 is 4.39 Å². The Kier molecular flexibility index (Phi) is 5.86. The van der Waals surface area contributed by atoms with E-state index in [2.05, 4.69) is 12.1 Å². The zero-order chi connectivity index (χ0) is 20.4. The molecule has 0 spiro atoms. The molecule has 1 unspecified atom stereocenters. The SMILES string of the molecule is O=C(O)CN1CCC(F)(C(=O)N2CCC(Cc3ccc4c(n3)CCCC4)CC2)C1. The Morgan fingerprint density at radius 3 is 2.69 bits per heavy atom. The van der Waals surface area contributed by atoms with Gasteiger partial charge < -0.3 is 10.0 Å². The minimum absolute atomic E-state index is 0.0814. The molecular weight excluding hydrogens is 373 g/mol. The van der Waals surface area contributed by atoms with Crippen LogP contribution >= 0.6 is 0 Å². The summed E-state index contributed by atoms with van der Waals surface area (Å²) >= 11 is 0. The number of amides is 1. The number of aromatic nitrogens is 1. The van der Waals surface area contributed by atoms with Crippen LogP contribution in [0.25, 0.3) is 0 Å². The molecule has 1 amide bonds. The largest absolute Gasteiger partial charge is 0.480 e. The number of hydrogen-bond donors (Lipinski definition) is 1. The predicted octanol–water partition coefficient (Wildman–Crippen LogP) is 2.24. The van der Waals surface area contributed by atoms with E-state index in [1.807, 2.05) is 0 Å². The Bertz CT molecular complexity index is 779. The summed E-state index contributed by atoms with van der Waals surface area (Å²) in [5.74, 6) is -0.982. The van der Waals surface area contributed by atoms with Crippen LogP contribution in [0.4, 0.5) is 4.39 Å². The first-order valence-corrected chi connectivity index (χ1v) is 10.8. The summed E-state index contributed by atoms with van der Waals surface area (Å²) in [7, 11) is 0. The fourth-order valence-electron chi connectivity index (χ4n) is 5.01. The highest BCUT2D eigenvalue weighted by molar-refractivity contribution is 5.86. The number of carbonyl (C=O) groups is 2. The highest BCUT2D eigenvalue weighted by atomic mass is 19.1. The molecule has 1 atom stereocenters. The minimum atomic E-state index is -1.94. The van der Waals surface area contributed by atoms with Crippen molar-refractivity contribution < 1.29 is 19.1 Å². The van der Waals surface area contributed by atoms with Crippen molar-refractivity contribution in [2.24, 2.45) is 5.92 Å². The number of fused-ring (bicyclic) bond motifs is 1. The fraction of sp³-hybridized carbons (Fsp3) is 0.682. The average molecular weight is 403 g/mol. The van der Waals surface area contributed by atoms with Crippen molar-refractivity contribution >= 4 is 11.9 Å². The zero-order valence-corrected chi connectivity index (χ0v) is 16.9. The van der Waals surface area contributed by atoms with Crippen molar-refractivity contribution in [1.29, 1.82) is 0 Å². The Morgan fingerprint density at radius 2 is 1.93 bits per heavy atom. The number of carboxylic acids is 1. The van der Waals surface area contributed by atoms with Crippen molar-refractivity contribution in [1.82, 2.24) is 14.8 Å². The summed E-state index contributed by atoms with van der Waals surface area (Å²) in [5, 5.41) is 8.88. The fourth-order valence-corrected chi connectivity index (χ4v) is 5.01. The number of rotatable bonds is 5. The molecule has 3 aliphatic rings. The van der Waals surface area contributed by atoms with Crippen LogP contribution in [0.15, 0.2) is 12.1 Å². The van der Waals surface area contributed by atoms with Gasteiger partial charge in [0.15, 0.2) is 0 Å². The van der Waals surface area contributed by atoms with Crippen molar-refractivity contribution in [3.63, 3.8) is 0 Å². The lowest BCUT2D eigenvalue weighted by Gasteiger charge is -2.35. The number of aryl methyl sites for hydroxylation is 2. The number of pyridine rings is 1. The van der Waals surface area contributed by atoms with Gasteiger partial charge in [-0.15, -0.1) is 0 Å². The van der Waals surface area contributed by atoms with Gasteiger partial charge in [0.25, 0.3) is 5.91 Å². The maximum atomic E-state index is 15.2. The van der Waals surface area contributed by atoms with Crippen molar-refractivity contribution in [3.8, 4) is 0 Å². The first-order valence-electron chi connectivity index (χ1n) is 10.8. The number of carbonyl (C=O) groups excluding carboxylic acids is 1. The van der Waals surface area contributed by atoms with E-state index in [0.29, 0.717) is 25.6 Å². The lowest BCUT2D eigenvalue weighted by molar-refractivity contribution is -0.145. The number of halogens is 1. The van der Waals surface area contributed by atoms with Crippen LogP contribution in [0.1, 0.15) is 49.1 Å². The quantitative estimate of drug-likeness (QED) is 0.816. The highest BCUT2D eigenvalue weighted by Crippen LogP contribution is 2.31. The van der Waals surface area contributed by atoms with Crippen molar-refractivity contribution in [2.45, 2.75) is 57.0 Å². The topological polar surface area (TPSA) is 73.7 Å². The van der Waals surface area contributed by atoms with E-state index in [1.54, 1.807) is 4.90 Å². The van der Waals surface area contributed by atoms with Gasteiger partial charge in [-0.1, -0.05) is 6.07 Å². The van der Waals surface area contributed by atoms with Crippen LogP contribution in [0.5, 0.6) is 0 Å². The Morgan fingerprint density at radius 1 is 1.17 bits per heavy atom. The summed E-state index contributed by atoms with van der Waals surface area (Å²) in [4.78, 5) is 31.6. The Hall–Kier alpha value is -2.02. The standard InChI is InChI=1S/C22H30FN3O3/c23-22(9-12-25(15-22)14-20(27)28)21(29)26-10-7-16(8-11-26)13-18-6-5-17-3-1-2-4-19(17)24-18/h5-6,16H,1-4,7-15H2,(H,27,28). The van der Waals surface area contributed by atoms with Crippen LogP contribution in [-0.2, 0) is 28.9 Å². The first-order chi connectivity index (χ1) is 13.9. The molecule has 1 aromatic heterocycles. The second-order valence-electron chi connectivity index (χ2n) is 8.87. The van der Waals surface area contributed by atoms with Gasteiger partial charge in [-0.3, -0.25) is 19.5 Å². The zero-order valence-electron chi connectivity index (χ0n) is 16.9. The molecule has 4 rings (SSSR count). The molecule has 6 nitrogen and oxygen atoms in total. The molecule has 0 radical (unpaired) electrons. The normalized spacial score (nSPS) is 25.8. The number of likely N-dealkylation sites (tertiary alicyclic amines) is 2. The van der Waals surface area contributed by atoms with Crippen LogP contribution in [-0.4, -0.2) is 70.2 Å². The molecule has 29 heavy (non-hydrogen) atoms. The lowest BCUT2D eigenvalue weighted by Crippen LogP contribution is -2.50. The van der Waals surface area contributed by atoms with E-state index < -0.39 is 17.5 Å². The molecule has 0 aromatic carbocycles. The van der Waals surface area contributed by atoms with Gasteiger partial charge in [0.2, 0.25) is 5.67 Å². The molecule has 2 fully saturated rings. The maximum Gasteiger partial charge on any atom is 0.317 e. The average Bonchev–Trinajstić information content (AvgIpc) is 3.09. The third kappa shape index (κ3) is 4.60. The Labute approximate surface area is 171 Å². The van der Waals surface area contributed by atoms with E-state index in [9.17, 15) is 9.59 Å². The first kappa shape index (κ1) is 20.3. The number of piperidine rings is 1. The molecule has 1 aliphatic carbocycles. The maximum absolute atomic E-state index is 15.2. The van der Waals surface area contributed by atoms with Gasteiger partial charge in [0, 0.05) is 44.0 Å². The lowest BCUT2D eigenvalue weighted by atomic mass is 9.89. The highest BCUT2D eigenvalue weighted by Gasteiger charge is 2.47.